The van der Waals surface area contributed by atoms with Crippen molar-refractivity contribution in [3.8, 4) is 0 Å². The number of carbonyl (C=O) groups is 2. The van der Waals surface area contributed by atoms with Crippen LogP contribution in [0.25, 0.3) is 0 Å². The maximum atomic E-state index is 14.1. The van der Waals surface area contributed by atoms with E-state index in [9.17, 15) is 9.59 Å². The predicted molar refractivity (Wildman–Crippen MR) is 177 cm³/mol. The second-order valence-electron chi connectivity index (χ2n) is 19.1. The average Bonchev–Trinajstić information content (AvgIpc) is 2.84. The van der Waals surface area contributed by atoms with Crippen LogP contribution >= 0.6 is 0 Å². The summed E-state index contributed by atoms with van der Waals surface area (Å²) in [5.41, 5.74) is 1.33. The van der Waals surface area contributed by atoms with E-state index in [1.165, 1.54) is 6.29 Å². The molecule has 0 N–H and O–H groups in total. The number of rotatable bonds is 5. The van der Waals surface area contributed by atoms with Gasteiger partial charge in [-0.2, -0.15) is 0 Å². The first-order valence-electron chi connectivity index (χ1n) is 17.2. The highest BCUT2D eigenvalue weighted by molar-refractivity contribution is 6.71. The zero-order valence-corrected chi connectivity index (χ0v) is 31.2. The summed E-state index contributed by atoms with van der Waals surface area (Å²) in [5.74, 6) is 1.25. The van der Waals surface area contributed by atoms with Crippen LogP contribution in [0.2, 0.25) is 39.3 Å². The molecule has 0 bridgehead atoms. The van der Waals surface area contributed by atoms with Gasteiger partial charge in [-0.1, -0.05) is 53.2 Å². The Kier molecular flexibility index (Phi) is 7.69. The molecule has 0 aliphatic heterocycles. The Hall–Kier alpha value is -0.726. The van der Waals surface area contributed by atoms with Crippen LogP contribution in [-0.4, -0.2) is 35.0 Å². The monoisotopic (exact) mass is 614 g/mol. The largest absolute Gasteiger partial charge is 0.519 e. The molecule has 4 nitrogen and oxygen atoms in total. The number of hydrogen-bond donors (Lipinski definition) is 0. The van der Waals surface area contributed by atoms with Crippen LogP contribution in [0.15, 0.2) is 11.6 Å². The first-order valence-corrected chi connectivity index (χ1v) is 24.0. The topological polar surface area (TPSA) is 52.6 Å². The Morgan fingerprint density at radius 2 is 1.48 bits per heavy atom. The molecule has 42 heavy (non-hydrogen) atoms. The van der Waals surface area contributed by atoms with Crippen LogP contribution < -0.4 is 0 Å². The van der Waals surface area contributed by atoms with Crippen LogP contribution in [0.4, 0.5) is 0 Å². The summed E-state index contributed by atoms with van der Waals surface area (Å²) >= 11 is 0. The fourth-order valence-corrected chi connectivity index (χ4v) is 13.5. The van der Waals surface area contributed by atoms with Gasteiger partial charge in [0.2, 0.25) is 8.32 Å². The SMILES string of the molecule is CC1(C)CCC2(C(=O)O[Si](C)(C)C)CCC3(C)C(=CCC4C5(C)CCC(O[Si](C)(C)C)C(C)(C=O)C5CCC43C)C2C1. The van der Waals surface area contributed by atoms with Crippen LogP contribution in [-0.2, 0) is 18.4 Å². The van der Waals surface area contributed by atoms with Crippen molar-refractivity contribution >= 4 is 28.9 Å². The van der Waals surface area contributed by atoms with Crippen molar-refractivity contribution in [2.45, 2.75) is 151 Å². The molecule has 0 spiro atoms. The third-order valence-electron chi connectivity index (χ3n) is 13.8. The second-order valence-corrected chi connectivity index (χ2v) is 28.0. The van der Waals surface area contributed by atoms with Crippen molar-refractivity contribution in [1.29, 1.82) is 0 Å². The molecule has 0 saturated heterocycles. The molecule has 4 fully saturated rings. The van der Waals surface area contributed by atoms with Gasteiger partial charge in [0.1, 0.15) is 6.29 Å². The fourth-order valence-electron chi connectivity index (χ4n) is 11.5. The van der Waals surface area contributed by atoms with E-state index >= 15 is 0 Å². The summed E-state index contributed by atoms with van der Waals surface area (Å²) in [6, 6.07) is 0. The van der Waals surface area contributed by atoms with Crippen molar-refractivity contribution in [3.05, 3.63) is 11.6 Å². The lowest BCUT2D eigenvalue weighted by Crippen LogP contribution is -2.66. The van der Waals surface area contributed by atoms with E-state index in [2.05, 4.69) is 86.9 Å². The molecule has 5 aliphatic carbocycles. The van der Waals surface area contributed by atoms with Gasteiger partial charge >= 0.3 is 0 Å². The molecule has 6 heteroatoms. The van der Waals surface area contributed by atoms with Crippen molar-refractivity contribution in [3.63, 3.8) is 0 Å². The van der Waals surface area contributed by atoms with Crippen LogP contribution in [0, 0.1) is 50.2 Å². The Bertz CT molecular complexity index is 1150. The molecule has 0 amide bonds. The molecule has 5 aliphatic rings. The Balaban J connectivity index is 1.55. The number of carbonyl (C=O) groups excluding carboxylic acids is 2. The molecule has 0 aromatic carbocycles. The van der Waals surface area contributed by atoms with Gasteiger partial charge < -0.3 is 13.6 Å². The van der Waals surface area contributed by atoms with Crippen molar-refractivity contribution < 1.29 is 18.4 Å². The summed E-state index contributed by atoms with van der Waals surface area (Å²) in [7, 11) is -3.78. The Morgan fingerprint density at radius 3 is 2.07 bits per heavy atom. The van der Waals surface area contributed by atoms with Crippen molar-refractivity contribution in [1.82, 2.24) is 0 Å². The summed E-state index contributed by atoms with van der Waals surface area (Å²) < 4.78 is 13.1. The number of aldehydes is 1. The summed E-state index contributed by atoms with van der Waals surface area (Å²) in [5, 5.41) is 0. The van der Waals surface area contributed by atoms with Crippen LogP contribution in [0.5, 0.6) is 0 Å². The maximum Gasteiger partial charge on any atom is 0.299 e. The smallest absolute Gasteiger partial charge is 0.299 e. The third-order valence-corrected chi connectivity index (χ3v) is 15.6. The van der Waals surface area contributed by atoms with Gasteiger partial charge in [-0.3, -0.25) is 4.79 Å². The van der Waals surface area contributed by atoms with Crippen molar-refractivity contribution in [2.75, 3.05) is 0 Å². The molecule has 9 atom stereocenters. The fraction of sp³-hybridized carbons (Fsp3) is 0.889. The van der Waals surface area contributed by atoms with E-state index in [1.807, 2.05) is 0 Å². The minimum absolute atomic E-state index is 0.0338. The minimum Gasteiger partial charge on any atom is -0.519 e. The van der Waals surface area contributed by atoms with E-state index in [1.54, 1.807) is 5.57 Å². The van der Waals surface area contributed by atoms with Crippen LogP contribution in [0.3, 0.4) is 0 Å². The zero-order chi connectivity index (χ0) is 31.4. The number of hydrogen-bond acceptors (Lipinski definition) is 4. The Morgan fingerprint density at radius 1 is 0.833 bits per heavy atom. The van der Waals surface area contributed by atoms with E-state index in [0.29, 0.717) is 11.8 Å². The number of allylic oxidation sites excluding steroid dienone is 2. The van der Waals surface area contributed by atoms with Crippen LogP contribution in [0.1, 0.15) is 106 Å². The Labute approximate surface area is 259 Å². The lowest BCUT2D eigenvalue weighted by atomic mass is 9.33. The first kappa shape index (κ1) is 32.7. The van der Waals surface area contributed by atoms with E-state index < -0.39 is 22.0 Å². The molecule has 0 aromatic rings. The number of fused-ring (bicyclic) bond motifs is 7. The van der Waals surface area contributed by atoms with Gasteiger partial charge in [0.05, 0.1) is 16.9 Å². The summed E-state index contributed by atoms with van der Waals surface area (Å²) in [6.45, 7) is 28.0. The van der Waals surface area contributed by atoms with Gasteiger partial charge in [-0.15, -0.1) is 0 Å². The van der Waals surface area contributed by atoms with Gasteiger partial charge in [0.15, 0.2) is 8.32 Å². The quantitative estimate of drug-likeness (QED) is 0.176. The highest BCUT2D eigenvalue weighted by atomic mass is 28.4. The molecule has 9 unspecified atom stereocenters. The molecule has 0 heterocycles. The summed E-state index contributed by atoms with van der Waals surface area (Å²) in [6.07, 6.45) is 14.5. The molecule has 0 radical (unpaired) electrons. The summed E-state index contributed by atoms with van der Waals surface area (Å²) in [4.78, 5) is 27.1. The first-order chi connectivity index (χ1) is 19.1. The second kappa shape index (κ2) is 9.88. The van der Waals surface area contributed by atoms with Gasteiger partial charge in [0, 0.05) is 0 Å². The van der Waals surface area contributed by atoms with E-state index in [-0.39, 0.29) is 45.1 Å². The lowest BCUT2D eigenvalue weighted by Gasteiger charge is -2.71. The lowest BCUT2D eigenvalue weighted by molar-refractivity contribution is -0.202. The highest BCUT2D eigenvalue weighted by Gasteiger charge is 2.70. The standard InChI is InChI=1S/C36H62O4Si2/c1-31(2)19-21-36(30(38)40-42(10,11)12)22-20-34(5)25(26(36)23-31)13-14-28-32(3)17-16-29(39-41(7,8)9)33(4,24-37)27(32)15-18-35(28,34)6/h13,24,26-29H,14-23H2,1-12H3. The minimum atomic E-state index is -2.00. The predicted octanol–water partition coefficient (Wildman–Crippen LogP) is 9.57. The van der Waals surface area contributed by atoms with Gasteiger partial charge in [0.25, 0.3) is 5.97 Å². The van der Waals surface area contributed by atoms with Gasteiger partial charge in [-0.25, -0.2) is 0 Å². The normalized spacial score (nSPS) is 46.7. The third kappa shape index (κ3) is 4.82. The van der Waals surface area contributed by atoms with Crippen molar-refractivity contribution in [2.24, 2.45) is 50.2 Å². The maximum absolute atomic E-state index is 14.1. The highest BCUT2D eigenvalue weighted by Crippen LogP contribution is 2.76. The molecule has 4 saturated carbocycles. The zero-order valence-electron chi connectivity index (χ0n) is 29.2. The van der Waals surface area contributed by atoms with Gasteiger partial charge in [-0.05, 0) is 143 Å². The molecular formula is C36H62O4Si2. The molecular weight excluding hydrogens is 553 g/mol. The van der Waals surface area contributed by atoms with E-state index in [0.717, 1.165) is 64.2 Å². The molecule has 0 aromatic heterocycles. The average molecular weight is 615 g/mol. The van der Waals surface area contributed by atoms with E-state index in [4.69, 9.17) is 8.85 Å². The molecule has 5 rings (SSSR count). The molecule has 238 valence electrons.